The summed E-state index contributed by atoms with van der Waals surface area (Å²) in [5.74, 6) is 0.828. The number of hydrogen-bond donors (Lipinski definition) is 0. The van der Waals surface area contributed by atoms with Crippen molar-refractivity contribution < 1.29 is 13.7 Å². The van der Waals surface area contributed by atoms with Gasteiger partial charge in [-0.3, -0.25) is 4.79 Å². The summed E-state index contributed by atoms with van der Waals surface area (Å²) in [7, 11) is 1.58. The molecular weight excluding hydrogens is 289 g/mol. The van der Waals surface area contributed by atoms with Gasteiger partial charge in [0.25, 0.3) is 11.4 Å². The topological polar surface area (TPSA) is 70.2 Å². The lowest BCUT2D eigenvalue weighted by atomic mass is 10.2. The van der Waals surface area contributed by atoms with Gasteiger partial charge in [-0.15, -0.1) is 0 Å². The van der Waals surface area contributed by atoms with E-state index in [0.29, 0.717) is 11.7 Å². The van der Waals surface area contributed by atoms with Crippen molar-refractivity contribution in [3.05, 3.63) is 64.6 Å². The monoisotopic (exact) mass is 301 g/mol. The second kappa shape index (κ2) is 5.80. The van der Waals surface area contributed by atoms with Crippen molar-refractivity contribution in [1.29, 1.82) is 0 Å². The van der Waals surface area contributed by atoms with Gasteiger partial charge in [0.15, 0.2) is 5.82 Å². The molecule has 112 valence electrons. The van der Waals surface area contributed by atoms with Crippen LogP contribution in [0.2, 0.25) is 0 Å². The number of rotatable bonds is 4. The van der Waals surface area contributed by atoms with Crippen LogP contribution in [0, 0.1) is 5.82 Å². The molecule has 0 fully saturated rings. The highest BCUT2D eigenvalue weighted by Gasteiger charge is 2.10. The first-order valence-corrected chi connectivity index (χ1v) is 6.49. The third kappa shape index (κ3) is 2.88. The third-order valence-electron chi connectivity index (χ3n) is 3.06. The minimum atomic E-state index is -0.501. The van der Waals surface area contributed by atoms with Gasteiger partial charge in [-0.1, -0.05) is 5.16 Å². The van der Waals surface area contributed by atoms with Crippen LogP contribution >= 0.6 is 0 Å². The molecule has 3 rings (SSSR count). The summed E-state index contributed by atoms with van der Waals surface area (Å²) in [6, 6.07) is 9.37. The van der Waals surface area contributed by atoms with Crippen LogP contribution in [0.5, 0.6) is 5.75 Å². The normalized spacial score (nSPS) is 10.6. The summed E-state index contributed by atoms with van der Waals surface area (Å²) in [6.45, 7) is 0.0379. The molecule has 0 bridgehead atoms. The molecule has 0 N–H and O–H groups in total. The Morgan fingerprint density at radius 3 is 2.73 bits per heavy atom. The standard InChI is InChI=1S/C15H12FN3O3/c1-21-12-5-2-10(3-6-12)15-17-13(18-22-15)9-19-8-11(16)4-7-14(19)20/h2-8H,9H2,1H3. The van der Waals surface area contributed by atoms with E-state index in [1.807, 2.05) is 0 Å². The highest BCUT2D eigenvalue weighted by molar-refractivity contribution is 5.54. The van der Waals surface area contributed by atoms with Gasteiger partial charge in [-0.05, 0) is 30.3 Å². The van der Waals surface area contributed by atoms with E-state index >= 15 is 0 Å². The molecule has 0 aliphatic rings. The summed E-state index contributed by atoms with van der Waals surface area (Å²) in [6.07, 6.45) is 1.10. The molecule has 0 radical (unpaired) electrons. The zero-order valence-corrected chi connectivity index (χ0v) is 11.7. The van der Waals surface area contributed by atoms with Crippen LogP contribution < -0.4 is 10.3 Å². The van der Waals surface area contributed by atoms with Gasteiger partial charge >= 0.3 is 0 Å². The molecule has 1 aromatic carbocycles. The van der Waals surface area contributed by atoms with Gasteiger partial charge < -0.3 is 13.8 Å². The molecule has 0 amide bonds. The number of hydrogen-bond acceptors (Lipinski definition) is 5. The summed E-state index contributed by atoms with van der Waals surface area (Å²) in [5.41, 5.74) is 0.392. The molecule has 0 spiro atoms. The Bertz CT molecular complexity index is 840. The SMILES string of the molecule is COc1ccc(-c2nc(Cn3cc(F)ccc3=O)no2)cc1. The van der Waals surface area contributed by atoms with Crippen molar-refractivity contribution in [3.63, 3.8) is 0 Å². The lowest BCUT2D eigenvalue weighted by Gasteiger charge is -2.00. The molecule has 3 aromatic rings. The fraction of sp³-hybridized carbons (Fsp3) is 0.133. The summed E-state index contributed by atoms with van der Waals surface area (Å²) < 4.78 is 24.6. The zero-order chi connectivity index (χ0) is 15.5. The van der Waals surface area contributed by atoms with E-state index in [0.717, 1.165) is 29.6 Å². The second-order valence-corrected chi connectivity index (χ2v) is 4.56. The van der Waals surface area contributed by atoms with Gasteiger partial charge in [-0.25, -0.2) is 4.39 Å². The Morgan fingerprint density at radius 1 is 1.23 bits per heavy atom. The Labute approximate surface area is 124 Å². The first-order valence-electron chi connectivity index (χ1n) is 6.49. The molecule has 22 heavy (non-hydrogen) atoms. The van der Waals surface area contributed by atoms with Crippen molar-refractivity contribution in [1.82, 2.24) is 14.7 Å². The van der Waals surface area contributed by atoms with E-state index in [-0.39, 0.29) is 12.1 Å². The molecule has 7 heteroatoms. The Balaban J connectivity index is 1.84. The number of aromatic nitrogens is 3. The van der Waals surface area contributed by atoms with E-state index in [2.05, 4.69) is 10.1 Å². The minimum Gasteiger partial charge on any atom is -0.497 e. The van der Waals surface area contributed by atoms with Gasteiger partial charge in [0, 0.05) is 17.8 Å². The Kier molecular flexibility index (Phi) is 3.69. The van der Waals surface area contributed by atoms with Gasteiger partial charge in [-0.2, -0.15) is 4.98 Å². The maximum atomic E-state index is 13.2. The highest BCUT2D eigenvalue weighted by atomic mass is 19.1. The molecule has 2 heterocycles. The Morgan fingerprint density at radius 2 is 2.00 bits per heavy atom. The van der Waals surface area contributed by atoms with Crippen LogP contribution in [-0.4, -0.2) is 21.8 Å². The number of halogens is 1. The van der Waals surface area contributed by atoms with Gasteiger partial charge in [0.2, 0.25) is 0 Å². The number of pyridine rings is 1. The summed E-state index contributed by atoms with van der Waals surface area (Å²) >= 11 is 0. The van der Waals surface area contributed by atoms with Crippen molar-refractivity contribution in [2.24, 2.45) is 0 Å². The van der Waals surface area contributed by atoms with Crippen molar-refractivity contribution >= 4 is 0 Å². The van der Waals surface area contributed by atoms with E-state index in [4.69, 9.17) is 9.26 Å². The van der Waals surface area contributed by atoms with E-state index in [1.165, 1.54) is 4.57 Å². The van der Waals surface area contributed by atoms with Crippen LogP contribution in [0.3, 0.4) is 0 Å². The van der Waals surface area contributed by atoms with Crippen molar-refractivity contribution in [2.75, 3.05) is 7.11 Å². The molecule has 0 aliphatic heterocycles. The average molecular weight is 301 g/mol. The molecule has 0 saturated heterocycles. The molecule has 6 nitrogen and oxygen atoms in total. The molecule has 2 aromatic heterocycles. The lowest BCUT2D eigenvalue weighted by Crippen LogP contribution is -2.20. The first kappa shape index (κ1) is 14.0. The molecule has 0 saturated carbocycles. The maximum Gasteiger partial charge on any atom is 0.257 e. The number of benzene rings is 1. The van der Waals surface area contributed by atoms with Crippen LogP contribution in [0.4, 0.5) is 4.39 Å². The van der Waals surface area contributed by atoms with E-state index in [9.17, 15) is 9.18 Å². The van der Waals surface area contributed by atoms with E-state index < -0.39 is 5.82 Å². The quantitative estimate of drug-likeness (QED) is 0.738. The van der Waals surface area contributed by atoms with Gasteiger partial charge in [0.05, 0.1) is 13.7 Å². The number of methoxy groups -OCH3 is 1. The minimum absolute atomic E-state index is 0.0379. The maximum absolute atomic E-state index is 13.2. The highest BCUT2D eigenvalue weighted by Crippen LogP contribution is 2.20. The number of nitrogens with zero attached hydrogens (tertiary/aromatic N) is 3. The number of ether oxygens (including phenoxy) is 1. The molecule has 0 unspecified atom stereocenters. The van der Waals surface area contributed by atoms with Crippen LogP contribution in [0.1, 0.15) is 5.82 Å². The molecule has 0 atom stereocenters. The Hall–Kier alpha value is -2.96. The molecular formula is C15H12FN3O3. The predicted octanol–water partition coefficient (Wildman–Crippen LogP) is 2.09. The first-order chi connectivity index (χ1) is 10.7. The van der Waals surface area contributed by atoms with Gasteiger partial charge in [0.1, 0.15) is 11.6 Å². The smallest absolute Gasteiger partial charge is 0.257 e. The van der Waals surface area contributed by atoms with Crippen LogP contribution in [0.15, 0.2) is 51.9 Å². The van der Waals surface area contributed by atoms with Crippen LogP contribution in [-0.2, 0) is 6.54 Å². The largest absolute Gasteiger partial charge is 0.497 e. The third-order valence-corrected chi connectivity index (χ3v) is 3.06. The summed E-state index contributed by atoms with van der Waals surface area (Å²) in [4.78, 5) is 15.8. The fourth-order valence-corrected chi connectivity index (χ4v) is 1.95. The zero-order valence-electron chi connectivity index (χ0n) is 11.7. The second-order valence-electron chi connectivity index (χ2n) is 4.56. The van der Waals surface area contributed by atoms with Crippen molar-refractivity contribution in [3.8, 4) is 17.2 Å². The predicted molar refractivity (Wildman–Crippen MR) is 76.0 cm³/mol. The fourth-order valence-electron chi connectivity index (χ4n) is 1.95. The average Bonchev–Trinajstić information content (AvgIpc) is 2.99. The van der Waals surface area contributed by atoms with Crippen molar-refractivity contribution in [2.45, 2.75) is 6.54 Å². The van der Waals surface area contributed by atoms with Crippen LogP contribution in [0.25, 0.3) is 11.5 Å². The lowest BCUT2D eigenvalue weighted by molar-refractivity contribution is 0.413. The summed E-state index contributed by atoms with van der Waals surface area (Å²) in [5, 5.41) is 3.80. The molecule has 0 aliphatic carbocycles. The van der Waals surface area contributed by atoms with E-state index in [1.54, 1.807) is 31.4 Å².